The van der Waals surface area contributed by atoms with E-state index in [0.717, 1.165) is 89.1 Å². The van der Waals surface area contributed by atoms with Crippen molar-refractivity contribution < 1.29 is 12.3 Å². The van der Waals surface area contributed by atoms with Crippen molar-refractivity contribution in [3.05, 3.63) is 392 Å². The molecule has 0 heterocycles. The Labute approximate surface area is 567 Å². The molecule has 3 nitrogen and oxygen atoms in total. The summed E-state index contributed by atoms with van der Waals surface area (Å²) < 4.78 is 68.8. The smallest absolute Gasteiger partial charge is 0.0623 e. The molecule has 0 aliphatic heterocycles. The van der Waals surface area contributed by atoms with Crippen LogP contribution >= 0.6 is 15.9 Å². The van der Waals surface area contributed by atoms with Crippen molar-refractivity contribution in [2.24, 2.45) is 0 Å². The fourth-order valence-corrected chi connectivity index (χ4v) is 12.2. The van der Waals surface area contributed by atoms with Crippen molar-refractivity contribution in [2.45, 2.75) is 6.42 Å². The first-order chi connectivity index (χ1) is 49.7. The van der Waals surface area contributed by atoms with E-state index in [1.54, 1.807) is 48.5 Å². The fraction of sp³-hybridized carbons (Fsp3) is 0.0112. The van der Waals surface area contributed by atoms with Crippen molar-refractivity contribution in [2.75, 3.05) is 15.1 Å². The van der Waals surface area contributed by atoms with E-state index in [1.165, 1.54) is 43.8 Å². The zero-order valence-corrected chi connectivity index (χ0v) is 52.4. The van der Waals surface area contributed by atoms with Gasteiger partial charge >= 0.3 is 0 Å². The monoisotopic (exact) mass is 1270 g/mol. The predicted molar refractivity (Wildman–Crippen MR) is 407 cm³/mol. The topological polar surface area (TPSA) is 18.5 Å². The van der Waals surface area contributed by atoms with Gasteiger partial charge < -0.3 is 15.1 Å². The van der Waals surface area contributed by atoms with Crippen LogP contribution in [0.4, 0.5) is 45.5 Å². The first kappa shape index (κ1) is 50.2. The summed E-state index contributed by atoms with van der Waals surface area (Å²) in [5.74, 6) is 0. The number of anilines is 8. The first-order valence-electron chi connectivity index (χ1n) is 35.3. The van der Waals surface area contributed by atoms with Crippen LogP contribution in [0.25, 0.3) is 83.5 Å². The molecule has 0 radical (unpaired) electrons. The van der Waals surface area contributed by atoms with Gasteiger partial charge in [-0.25, -0.2) is 0 Å². The quantitative estimate of drug-likeness (QED) is 0.110. The Balaban J connectivity index is 0.000000169. The first-order valence-corrected chi connectivity index (χ1v) is 31.6. The zero-order valence-electron chi connectivity index (χ0n) is 59.8. The summed E-state index contributed by atoms with van der Waals surface area (Å²) in [4.78, 5) is 4.38. The number of fused-ring (bicyclic) bond motifs is 4. The third-order valence-corrected chi connectivity index (χ3v) is 17.2. The predicted octanol–water partition coefficient (Wildman–Crippen LogP) is 26.0. The van der Waals surface area contributed by atoms with Gasteiger partial charge in [-0.05, 0) is 174 Å². The molecule has 0 spiro atoms. The second kappa shape index (κ2) is 28.5. The molecule has 0 atom stereocenters. The maximum atomic E-state index is 8.15. The minimum Gasteiger partial charge on any atom is -0.355 e. The lowest BCUT2D eigenvalue weighted by Crippen LogP contribution is -2.10. The molecule has 0 unspecified atom stereocenters. The number of hydrogen-bond donors (Lipinski definition) is 1. The van der Waals surface area contributed by atoms with Crippen LogP contribution in [0.5, 0.6) is 0 Å². The summed E-state index contributed by atoms with van der Waals surface area (Å²) in [6.07, 6.45) is 0.940. The second-order valence-corrected chi connectivity index (χ2v) is 23.4. The van der Waals surface area contributed by atoms with Crippen LogP contribution in [-0.2, 0) is 6.42 Å². The minimum absolute atomic E-state index is 0.0532. The van der Waals surface area contributed by atoms with Gasteiger partial charge in [0.05, 0.1) is 23.7 Å². The molecule has 93 heavy (non-hydrogen) atoms. The minimum atomic E-state index is -0.520. The Hall–Kier alpha value is -11.6. The number of rotatable bonds is 15. The lowest BCUT2D eigenvalue weighted by molar-refractivity contribution is 1.21. The number of benzene rings is 15. The van der Waals surface area contributed by atoms with Crippen LogP contribution in [0.3, 0.4) is 0 Å². The van der Waals surface area contributed by atoms with Crippen molar-refractivity contribution >= 4 is 123 Å². The van der Waals surface area contributed by atoms with Gasteiger partial charge in [-0.1, -0.05) is 302 Å². The summed E-state index contributed by atoms with van der Waals surface area (Å²) in [5, 5.41) is 13.1. The molecule has 0 aliphatic rings. The SMILES string of the molecule is [2H]C([2H])=C([2H])c1ccc(Br)cc1.[2H]C([2H])=C([2H])c1ccc(N(c2ccc(-c3ccc(N(c4ccc(C([2H])=C([2H])[2H])cc4)c4cccc5ccccc45)cc3)cc2)c2cccc3ccccc23)cc1.c1ccc2c(Cc3ccc(-c4ccc(Nc5cccc6ccccc56)cc4)cc3)cccc2c1. The molecular weight excluding hydrogens is 1190 g/mol. The fourth-order valence-electron chi connectivity index (χ4n) is 11.9. The highest BCUT2D eigenvalue weighted by Gasteiger charge is 2.18. The summed E-state index contributed by atoms with van der Waals surface area (Å²) in [5.41, 5.74) is 16.8. The summed E-state index contributed by atoms with van der Waals surface area (Å²) in [7, 11) is 0. The molecule has 1 N–H and O–H groups in total. The highest BCUT2D eigenvalue weighted by molar-refractivity contribution is 9.10. The molecule has 15 aromatic carbocycles. The molecule has 446 valence electrons. The molecule has 0 aromatic heterocycles. The molecule has 0 fully saturated rings. The van der Waals surface area contributed by atoms with Gasteiger partial charge in [0.15, 0.2) is 0 Å². The van der Waals surface area contributed by atoms with Gasteiger partial charge in [-0.15, -0.1) is 0 Å². The normalized spacial score (nSPS) is 12.0. The highest BCUT2D eigenvalue weighted by Crippen LogP contribution is 2.42. The van der Waals surface area contributed by atoms with E-state index in [2.05, 4.69) is 274 Å². The van der Waals surface area contributed by atoms with E-state index in [1.807, 2.05) is 48.5 Å². The Morgan fingerprint density at radius 3 is 1.11 bits per heavy atom. The average Bonchev–Trinajstić information content (AvgIpc) is 0.779. The van der Waals surface area contributed by atoms with Crippen molar-refractivity contribution in [1.29, 1.82) is 0 Å². The standard InChI is InChI=1S/C48H36N2.C33H25N.C8H7Br/c1-3-35-19-27-41(28-20-35)49(47-17-9-13-39-11-5-7-15-45(39)47)43-31-23-37(24-32-43)38-25-33-44(34-26-38)50(42-29-21-36(4-2)22-30-42)48-18-10-14-40-12-6-8-16-46(40)48;1-3-12-31-27(7-1)9-5-11-29(31)23-24-15-17-25(18-16-24)26-19-21-30(22-20-26)34-33-14-6-10-28-8-2-4-13-32(28)33;1-2-7-3-5-8(9)6-4-7/h3-34H,1-2H2;1-22,34H,23H2;2-6H,1H2/i1D2,2D2,3D,4D;;1D2,2D. The maximum Gasteiger partial charge on any atom is 0.0623 e. The average molecular weight is 1270 g/mol. The van der Waals surface area contributed by atoms with E-state index in [4.69, 9.17) is 12.3 Å². The summed E-state index contributed by atoms with van der Waals surface area (Å²) >= 11 is 3.26. The van der Waals surface area contributed by atoms with Gasteiger partial charge in [0.25, 0.3) is 0 Å². The second-order valence-electron chi connectivity index (χ2n) is 22.5. The largest absolute Gasteiger partial charge is 0.355 e. The number of nitrogens with zero attached hydrogens (tertiary/aromatic N) is 2. The molecular formula is C89H68BrN3. The van der Waals surface area contributed by atoms with Crippen LogP contribution in [0.1, 0.15) is 40.2 Å². The van der Waals surface area contributed by atoms with Gasteiger partial charge in [-0.3, -0.25) is 0 Å². The highest BCUT2D eigenvalue weighted by atomic mass is 79.9. The molecule has 15 rings (SSSR count). The number of halogens is 1. The van der Waals surface area contributed by atoms with Crippen LogP contribution in [0.15, 0.2) is 364 Å². The van der Waals surface area contributed by atoms with E-state index in [9.17, 15) is 0 Å². The number of nitrogens with one attached hydrogen (secondary N) is 1. The van der Waals surface area contributed by atoms with Crippen molar-refractivity contribution in [1.82, 2.24) is 0 Å². The van der Waals surface area contributed by atoms with Gasteiger partial charge in [0.2, 0.25) is 0 Å². The third-order valence-electron chi connectivity index (χ3n) is 16.6. The Morgan fingerprint density at radius 2 is 0.656 bits per heavy atom. The van der Waals surface area contributed by atoms with E-state index in [-0.39, 0.29) is 18.2 Å². The molecule has 4 heteroatoms. The summed E-state index contributed by atoms with van der Waals surface area (Å²) in [6, 6.07) is 115. The van der Waals surface area contributed by atoms with Crippen LogP contribution in [0.2, 0.25) is 0 Å². The van der Waals surface area contributed by atoms with Gasteiger partial charge in [-0.2, -0.15) is 0 Å². The van der Waals surface area contributed by atoms with E-state index < -0.39 is 19.6 Å². The van der Waals surface area contributed by atoms with E-state index >= 15 is 0 Å². The lowest BCUT2D eigenvalue weighted by atomic mass is 9.97. The van der Waals surface area contributed by atoms with Crippen molar-refractivity contribution in [3.63, 3.8) is 0 Å². The zero-order chi connectivity index (χ0) is 70.6. The third kappa shape index (κ3) is 13.9. The Morgan fingerprint density at radius 1 is 0.323 bits per heavy atom. The maximum absolute atomic E-state index is 8.15. The van der Waals surface area contributed by atoms with Gasteiger partial charge in [0, 0.05) is 54.8 Å². The molecule has 0 saturated carbocycles. The van der Waals surface area contributed by atoms with Crippen LogP contribution < -0.4 is 15.1 Å². The molecule has 0 bridgehead atoms. The van der Waals surface area contributed by atoms with Crippen LogP contribution in [0, 0.1) is 0 Å². The lowest BCUT2D eigenvalue weighted by Gasteiger charge is -2.27. The molecule has 0 saturated heterocycles. The Kier molecular flexibility index (Phi) is 15.4. The van der Waals surface area contributed by atoms with Gasteiger partial charge in [0.1, 0.15) is 0 Å². The summed E-state index contributed by atoms with van der Waals surface area (Å²) in [6.45, 7) is -1.50. The Bertz CT molecular complexity index is 5210. The molecule has 15 aromatic rings. The number of hydrogen-bond acceptors (Lipinski definition) is 3. The van der Waals surface area contributed by atoms with Crippen molar-refractivity contribution in [3.8, 4) is 22.3 Å². The van der Waals surface area contributed by atoms with Crippen LogP contribution in [-0.4, -0.2) is 0 Å². The molecule has 0 aliphatic carbocycles. The van der Waals surface area contributed by atoms with E-state index in [0.29, 0.717) is 16.7 Å². The molecule has 0 amide bonds.